The largest absolute Gasteiger partial charge is 0.497 e. The monoisotopic (exact) mass is 382 g/mol. The van der Waals surface area contributed by atoms with Crippen molar-refractivity contribution in [2.45, 2.75) is 6.54 Å². The maximum absolute atomic E-state index is 13.7. The van der Waals surface area contributed by atoms with Gasteiger partial charge in [-0.25, -0.2) is 14.4 Å². The lowest BCUT2D eigenvalue weighted by molar-refractivity contribution is 0.102. The van der Waals surface area contributed by atoms with Crippen molar-refractivity contribution in [3.8, 4) is 11.5 Å². The molecule has 3 rings (SSSR count). The molecule has 0 saturated carbocycles. The number of ether oxygens (including phenoxy) is 2. The molecule has 0 aliphatic carbocycles. The predicted molar refractivity (Wildman–Crippen MR) is 103 cm³/mol. The zero-order chi connectivity index (χ0) is 19.9. The number of hydrogen-bond donors (Lipinski definition) is 2. The molecule has 1 heterocycles. The van der Waals surface area contributed by atoms with Gasteiger partial charge in [0.25, 0.3) is 5.91 Å². The first-order valence-corrected chi connectivity index (χ1v) is 8.43. The second-order valence-corrected chi connectivity index (χ2v) is 5.75. The van der Waals surface area contributed by atoms with Crippen LogP contribution < -0.4 is 20.1 Å². The van der Waals surface area contributed by atoms with Gasteiger partial charge < -0.3 is 20.1 Å². The fourth-order valence-corrected chi connectivity index (χ4v) is 2.50. The Morgan fingerprint density at radius 3 is 2.64 bits per heavy atom. The molecule has 0 spiro atoms. The Balaban J connectivity index is 1.73. The second-order valence-electron chi connectivity index (χ2n) is 5.75. The van der Waals surface area contributed by atoms with E-state index in [0.29, 0.717) is 28.6 Å². The number of nitrogens with zero attached hydrogens (tertiary/aromatic N) is 2. The van der Waals surface area contributed by atoms with Crippen molar-refractivity contribution in [1.29, 1.82) is 0 Å². The van der Waals surface area contributed by atoms with Crippen molar-refractivity contribution in [2.24, 2.45) is 0 Å². The summed E-state index contributed by atoms with van der Waals surface area (Å²) in [6, 6.07) is 13.0. The van der Waals surface area contributed by atoms with Gasteiger partial charge in [-0.15, -0.1) is 0 Å². The van der Waals surface area contributed by atoms with Crippen LogP contribution in [-0.4, -0.2) is 30.1 Å². The molecule has 0 atom stereocenters. The third-order valence-corrected chi connectivity index (χ3v) is 3.97. The van der Waals surface area contributed by atoms with Gasteiger partial charge >= 0.3 is 0 Å². The summed E-state index contributed by atoms with van der Waals surface area (Å²) < 4.78 is 24.1. The van der Waals surface area contributed by atoms with Gasteiger partial charge in [0.15, 0.2) is 0 Å². The summed E-state index contributed by atoms with van der Waals surface area (Å²) >= 11 is 0. The first kappa shape index (κ1) is 19.1. The van der Waals surface area contributed by atoms with Gasteiger partial charge in [0.1, 0.15) is 35.2 Å². The fraction of sp³-hybridized carbons (Fsp3) is 0.150. The molecule has 28 heavy (non-hydrogen) atoms. The molecule has 2 N–H and O–H groups in total. The Bertz CT molecular complexity index is 981. The van der Waals surface area contributed by atoms with Crippen molar-refractivity contribution in [2.75, 3.05) is 24.9 Å². The first-order chi connectivity index (χ1) is 13.6. The minimum absolute atomic E-state index is 0.149. The zero-order valence-electron chi connectivity index (χ0n) is 15.4. The standard InChI is InChI=1S/C20H19FN4O3/c1-27-14-7-8-18(28-2)16(9-14)25-20(26)17-10-19(24-12-23-17)22-11-13-5-3-4-6-15(13)21/h3-10,12H,11H2,1-2H3,(H,25,26)(H,22,23,24). The lowest BCUT2D eigenvalue weighted by atomic mass is 10.2. The number of aromatic nitrogens is 2. The molecule has 8 heteroatoms. The molecule has 2 aromatic carbocycles. The molecule has 0 radical (unpaired) electrons. The molecule has 0 fully saturated rings. The van der Waals surface area contributed by atoms with Gasteiger partial charge in [0.2, 0.25) is 0 Å². The van der Waals surface area contributed by atoms with E-state index in [9.17, 15) is 9.18 Å². The molecule has 1 amide bonds. The van der Waals surface area contributed by atoms with Crippen LogP contribution in [0, 0.1) is 5.82 Å². The highest BCUT2D eigenvalue weighted by molar-refractivity contribution is 6.04. The molecule has 0 saturated heterocycles. The van der Waals surface area contributed by atoms with Gasteiger partial charge in [-0.1, -0.05) is 18.2 Å². The van der Waals surface area contributed by atoms with Gasteiger partial charge in [0.05, 0.1) is 19.9 Å². The molecule has 144 valence electrons. The van der Waals surface area contributed by atoms with E-state index >= 15 is 0 Å². The third kappa shape index (κ3) is 4.53. The van der Waals surface area contributed by atoms with Gasteiger partial charge in [0, 0.05) is 24.2 Å². The Hall–Kier alpha value is -3.68. The topological polar surface area (TPSA) is 85.4 Å². The molecular weight excluding hydrogens is 363 g/mol. The molecule has 7 nitrogen and oxygen atoms in total. The van der Waals surface area contributed by atoms with Crippen LogP contribution in [-0.2, 0) is 6.54 Å². The van der Waals surface area contributed by atoms with Gasteiger partial charge in [-0.2, -0.15) is 0 Å². The van der Waals surface area contributed by atoms with Crippen LogP contribution in [0.1, 0.15) is 16.1 Å². The summed E-state index contributed by atoms with van der Waals surface area (Å²) in [7, 11) is 3.04. The number of nitrogens with one attached hydrogen (secondary N) is 2. The van der Waals surface area contributed by atoms with Crippen molar-refractivity contribution in [3.05, 3.63) is 71.9 Å². The SMILES string of the molecule is COc1ccc(OC)c(NC(=O)c2cc(NCc3ccccc3F)ncn2)c1. The highest BCUT2D eigenvalue weighted by atomic mass is 19.1. The number of anilines is 2. The van der Waals surface area contributed by atoms with Crippen LogP contribution in [0.5, 0.6) is 11.5 Å². The molecule has 0 bridgehead atoms. The quantitative estimate of drug-likeness (QED) is 0.651. The van der Waals surface area contributed by atoms with E-state index in [2.05, 4.69) is 20.6 Å². The van der Waals surface area contributed by atoms with E-state index in [0.717, 1.165) is 0 Å². The number of carbonyl (C=O) groups is 1. The second kappa shape index (κ2) is 8.81. The Morgan fingerprint density at radius 1 is 1.07 bits per heavy atom. The number of halogens is 1. The maximum atomic E-state index is 13.7. The summed E-state index contributed by atoms with van der Waals surface area (Å²) in [6.07, 6.45) is 1.27. The smallest absolute Gasteiger partial charge is 0.274 e. The van der Waals surface area contributed by atoms with E-state index in [1.807, 2.05) is 0 Å². The number of methoxy groups -OCH3 is 2. The van der Waals surface area contributed by atoms with E-state index < -0.39 is 5.91 Å². The van der Waals surface area contributed by atoms with Crippen LogP contribution in [0.4, 0.5) is 15.9 Å². The lowest BCUT2D eigenvalue weighted by Crippen LogP contribution is -2.15. The fourth-order valence-electron chi connectivity index (χ4n) is 2.50. The predicted octanol–water partition coefficient (Wildman–Crippen LogP) is 3.50. The number of amides is 1. The Kier molecular flexibility index (Phi) is 6.01. The summed E-state index contributed by atoms with van der Waals surface area (Å²) in [5, 5.41) is 5.73. The summed E-state index contributed by atoms with van der Waals surface area (Å²) in [4.78, 5) is 20.6. The zero-order valence-corrected chi connectivity index (χ0v) is 15.4. The molecule has 3 aromatic rings. The van der Waals surface area contributed by atoms with E-state index in [1.54, 1.807) is 36.4 Å². The molecule has 1 aromatic heterocycles. The van der Waals surface area contributed by atoms with Gasteiger partial charge in [-0.05, 0) is 18.2 Å². The van der Waals surface area contributed by atoms with Crippen molar-refractivity contribution in [3.63, 3.8) is 0 Å². The van der Waals surface area contributed by atoms with Crippen LogP contribution >= 0.6 is 0 Å². The number of rotatable bonds is 7. The van der Waals surface area contributed by atoms with Crippen molar-refractivity contribution < 1.29 is 18.7 Å². The number of hydrogen-bond acceptors (Lipinski definition) is 6. The highest BCUT2D eigenvalue weighted by Gasteiger charge is 2.13. The average Bonchev–Trinajstić information content (AvgIpc) is 2.73. The molecule has 0 unspecified atom stereocenters. The average molecular weight is 382 g/mol. The third-order valence-electron chi connectivity index (χ3n) is 3.97. The number of benzene rings is 2. The van der Waals surface area contributed by atoms with Crippen LogP contribution in [0.15, 0.2) is 54.9 Å². The molecule has 0 aliphatic rings. The van der Waals surface area contributed by atoms with Crippen molar-refractivity contribution >= 4 is 17.4 Å². The number of carbonyl (C=O) groups excluding carboxylic acids is 1. The first-order valence-electron chi connectivity index (χ1n) is 8.43. The summed E-state index contributed by atoms with van der Waals surface area (Å²) in [5.74, 6) is 0.711. The Labute approximate surface area is 161 Å². The van der Waals surface area contributed by atoms with E-state index in [-0.39, 0.29) is 18.1 Å². The van der Waals surface area contributed by atoms with Crippen LogP contribution in [0.2, 0.25) is 0 Å². The molecular formula is C20H19FN4O3. The van der Waals surface area contributed by atoms with Crippen LogP contribution in [0.3, 0.4) is 0 Å². The minimum Gasteiger partial charge on any atom is -0.497 e. The van der Waals surface area contributed by atoms with E-state index in [1.165, 1.54) is 32.7 Å². The van der Waals surface area contributed by atoms with E-state index in [4.69, 9.17) is 9.47 Å². The van der Waals surface area contributed by atoms with Gasteiger partial charge in [-0.3, -0.25) is 4.79 Å². The van der Waals surface area contributed by atoms with Crippen molar-refractivity contribution in [1.82, 2.24) is 9.97 Å². The minimum atomic E-state index is -0.442. The Morgan fingerprint density at radius 2 is 1.89 bits per heavy atom. The van der Waals surface area contributed by atoms with Crippen LogP contribution in [0.25, 0.3) is 0 Å². The summed E-state index contributed by atoms with van der Waals surface area (Å²) in [6.45, 7) is 0.231. The summed E-state index contributed by atoms with van der Waals surface area (Å²) in [5.41, 5.74) is 1.09. The highest BCUT2D eigenvalue weighted by Crippen LogP contribution is 2.29. The normalized spacial score (nSPS) is 10.2. The maximum Gasteiger partial charge on any atom is 0.274 e. The lowest BCUT2D eigenvalue weighted by Gasteiger charge is -2.12. The molecule has 0 aliphatic heterocycles.